The second-order valence-electron chi connectivity index (χ2n) is 9.65. The predicted octanol–water partition coefficient (Wildman–Crippen LogP) is 3.29. The highest BCUT2D eigenvalue weighted by atomic mass is 35.5. The molecule has 3 amide bonds. The molecule has 5 atom stereocenters. The van der Waals surface area contributed by atoms with Gasteiger partial charge in [-0.25, -0.2) is 8.78 Å². The van der Waals surface area contributed by atoms with Crippen molar-refractivity contribution in [2.75, 3.05) is 13.1 Å². The zero-order chi connectivity index (χ0) is 24.9. The van der Waals surface area contributed by atoms with E-state index >= 15 is 0 Å². The number of aromatic amines is 1. The topological polar surface area (TPSA) is 118 Å². The number of alkyl halides is 2. The number of piperidine rings is 1. The lowest BCUT2D eigenvalue weighted by Gasteiger charge is -2.29. The van der Waals surface area contributed by atoms with Crippen LogP contribution in [0, 0.1) is 29.1 Å². The van der Waals surface area contributed by atoms with Gasteiger partial charge in [-0.15, -0.1) is 11.3 Å². The van der Waals surface area contributed by atoms with E-state index in [1.54, 1.807) is 11.4 Å². The second-order valence-corrected chi connectivity index (χ2v) is 11.0. The van der Waals surface area contributed by atoms with Crippen LogP contribution in [0.3, 0.4) is 0 Å². The highest BCUT2D eigenvalue weighted by Gasteiger charge is 2.58. The summed E-state index contributed by atoms with van der Waals surface area (Å²) in [4.78, 5) is 43.2. The number of hydrogen-bond donors (Lipinski definition) is 3. The quantitative estimate of drug-likeness (QED) is 0.557. The Bertz CT molecular complexity index is 1220. The van der Waals surface area contributed by atoms with E-state index in [9.17, 15) is 28.4 Å². The molecule has 2 aliphatic heterocycles. The van der Waals surface area contributed by atoms with Crippen LogP contribution in [0.5, 0.6) is 0 Å². The highest BCUT2D eigenvalue weighted by Crippen LogP contribution is 2.50. The molecule has 1 saturated carbocycles. The van der Waals surface area contributed by atoms with Crippen molar-refractivity contribution < 1.29 is 23.2 Å². The molecule has 3 N–H and O–H groups in total. The van der Waals surface area contributed by atoms with Crippen molar-refractivity contribution in [3.05, 3.63) is 22.2 Å². The summed E-state index contributed by atoms with van der Waals surface area (Å²) >= 11 is 7.52. The summed E-state index contributed by atoms with van der Waals surface area (Å²) < 4.78 is 29.2. The fourth-order valence-electron chi connectivity index (χ4n) is 5.74. The number of hydrogen-bond acceptors (Lipinski definition) is 5. The largest absolute Gasteiger partial charge is 0.356 e. The van der Waals surface area contributed by atoms with Crippen LogP contribution >= 0.6 is 22.9 Å². The van der Waals surface area contributed by atoms with Gasteiger partial charge in [-0.2, -0.15) is 5.26 Å². The molecule has 12 heteroatoms. The van der Waals surface area contributed by atoms with Gasteiger partial charge in [-0.05, 0) is 37.2 Å². The van der Waals surface area contributed by atoms with Crippen LogP contribution in [0.25, 0.3) is 10.2 Å². The summed E-state index contributed by atoms with van der Waals surface area (Å²) in [6, 6.07) is 1.56. The van der Waals surface area contributed by atoms with Crippen LogP contribution in [0.4, 0.5) is 8.78 Å². The van der Waals surface area contributed by atoms with Crippen molar-refractivity contribution >= 4 is 50.9 Å². The molecule has 2 saturated heterocycles. The van der Waals surface area contributed by atoms with Crippen LogP contribution in [0.1, 0.15) is 42.6 Å². The monoisotopic (exact) mass is 523 g/mol. The molecular weight excluding hydrogens is 500 g/mol. The second kappa shape index (κ2) is 9.06. The van der Waals surface area contributed by atoms with Crippen LogP contribution in [0.2, 0.25) is 5.02 Å². The van der Waals surface area contributed by atoms with E-state index in [1.165, 1.54) is 16.2 Å². The van der Waals surface area contributed by atoms with E-state index in [0.717, 1.165) is 11.1 Å². The average Bonchev–Trinajstić information content (AvgIpc) is 3.54. The number of likely N-dealkylation sites (tertiary alicyclic amines) is 1. The Morgan fingerprint density at radius 3 is 2.91 bits per heavy atom. The predicted molar refractivity (Wildman–Crippen MR) is 125 cm³/mol. The molecule has 2 aromatic rings. The standard InChI is InChI=1S/C23H24ClF2N5O3S/c24-15-10-35-17-5-16(30-18(15)17)22(34)31-9-12-6-23(25,26)7-14(12)19(31)21(33)29-13(8-27)4-11-2-1-3-28-20(11)32/h5,10-14,19,30H,1-4,6-7,9H2,(H,28,32)(H,29,33)/t11-,12-,13-,14-,19-/m0/s1. The Kier molecular flexibility index (Phi) is 6.21. The number of amides is 3. The van der Waals surface area contributed by atoms with Gasteiger partial charge in [-0.3, -0.25) is 14.4 Å². The van der Waals surface area contributed by atoms with Gasteiger partial charge in [0.1, 0.15) is 17.8 Å². The summed E-state index contributed by atoms with van der Waals surface area (Å²) in [6.45, 7) is 0.608. The van der Waals surface area contributed by atoms with Gasteiger partial charge >= 0.3 is 0 Å². The van der Waals surface area contributed by atoms with Gasteiger partial charge in [-0.1, -0.05) is 11.6 Å². The summed E-state index contributed by atoms with van der Waals surface area (Å²) in [5.41, 5.74) is 0.844. The van der Waals surface area contributed by atoms with E-state index in [-0.39, 0.29) is 31.0 Å². The number of rotatable bonds is 5. The lowest BCUT2D eigenvalue weighted by atomic mass is 9.90. The number of aromatic nitrogens is 1. The molecule has 1 aliphatic carbocycles. The zero-order valence-corrected chi connectivity index (χ0v) is 20.2. The third-order valence-electron chi connectivity index (χ3n) is 7.33. The van der Waals surface area contributed by atoms with Gasteiger partial charge in [0.05, 0.1) is 21.3 Å². The number of nitrogens with zero attached hydrogens (tertiary/aromatic N) is 2. The van der Waals surface area contributed by atoms with E-state index in [1.807, 2.05) is 6.07 Å². The molecule has 0 unspecified atom stereocenters. The molecule has 5 rings (SSSR count). The first kappa shape index (κ1) is 24.0. The number of nitriles is 1. The summed E-state index contributed by atoms with van der Waals surface area (Å²) in [5.74, 6) is -5.82. The summed E-state index contributed by atoms with van der Waals surface area (Å²) in [5, 5.41) is 17.2. The molecule has 4 heterocycles. The van der Waals surface area contributed by atoms with Crippen molar-refractivity contribution in [2.24, 2.45) is 17.8 Å². The fourth-order valence-corrected chi connectivity index (χ4v) is 6.89. The zero-order valence-electron chi connectivity index (χ0n) is 18.7. The highest BCUT2D eigenvalue weighted by molar-refractivity contribution is 7.17. The Morgan fingerprint density at radius 2 is 2.20 bits per heavy atom. The molecule has 8 nitrogen and oxygen atoms in total. The van der Waals surface area contributed by atoms with Gasteiger partial charge in [0, 0.05) is 37.2 Å². The molecule has 35 heavy (non-hydrogen) atoms. The Balaban J connectivity index is 1.37. The Morgan fingerprint density at radius 1 is 1.40 bits per heavy atom. The first-order chi connectivity index (χ1) is 16.7. The lowest BCUT2D eigenvalue weighted by Crippen LogP contribution is -2.52. The number of H-pyrrole nitrogens is 1. The summed E-state index contributed by atoms with van der Waals surface area (Å²) in [6.07, 6.45) is 0.639. The molecule has 186 valence electrons. The van der Waals surface area contributed by atoms with Gasteiger partial charge in [0.25, 0.3) is 5.91 Å². The molecular formula is C23H24ClF2N5O3S. The SMILES string of the molecule is N#C[C@H](C[C@@H]1CCCNC1=O)NC(=O)[C@@H]1[C@H]2CC(F)(F)C[C@H]2CN1C(=O)c1cc2scc(Cl)c2[nH]1. The smallest absolute Gasteiger partial charge is 0.271 e. The number of carbonyl (C=O) groups excluding carboxylic acids is 3. The molecule has 2 aromatic heterocycles. The normalized spacial score (nSPS) is 28.4. The molecule has 3 aliphatic rings. The third-order valence-corrected chi connectivity index (χ3v) is 8.69. The Hall–Kier alpha value is -2.71. The number of nitrogens with one attached hydrogen (secondary N) is 3. The maximum absolute atomic E-state index is 14.2. The van der Waals surface area contributed by atoms with Crippen LogP contribution in [0.15, 0.2) is 11.4 Å². The maximum atomic E-state index is 14.2. The van der Waals surface area contributed by atoms with Crippen molar-refractivity contribution in [1.82, 2.24) is 20.5 Å². The van der Waals surface area contributed by atoms with Crippen molar-refractivity contribution in [1.29, 1.82) is 5.26 Å². The van der Waals surface area contributed by atoms with Crippen LogP contribution in [-0.2, 0) is 9.59 Å². The minimum Gasteiger partial charge on any atom is -0.356 e. The number of halogens is 3. The Labute approximate surface area is 209 Å². The average molecular weight is 524 g/mol. The first-order valence-electron chi connectivity index (χ1n) is 11.6. The van der Waals surface area contributed by atoms with E-state index < -0.39 is 54.0 Å². The van der Waals surface area contributed by atoms with Crippen molar-refractivity contribution in [2.45, 2.75) is 50.1 Å². The fraction of sp³-hybridized carbons (Fsp3) is 0.565. The van der Waals surface area contributed by atoms with Crippen LogP contribution in [-0.4, -0.2) is 58.7 Å². The molecule has 0 aromatic carbocycles. The number of fused-ring (bicyclic) bond motifs is 2. The molecule has 3 fully saturated rings. The van der Waals surface area contributed by atoms with E-state index in [0.29, 0.717) is 23.5 Å². The maximum Gasteiger partial charge on any atom is 0.271 e. The lowest BCUT2D eigenvalue weighted by molar-refractivity contribution is -0.129. The molecule has 0 spiro atoms. The third kappa shape index (κ3) is 4.49. The van der Waals surface area contributed by atoms with E-state index in [4.69, 9.17) is 11.6 Å². The minimum absolute atomic E-state index is 0.0276. The first-order valence-corrected chi connectivity index (χ1v) is 12.8. The van der Waals surface area contributed by atoms with Crippen molar-refractivity contribution in [3.63, 3.8) is 0 Å². The number of thiophene rings is 1. The minimum atomic E-state index is -2.90. The van der Waals surface area contributed by atoms with Gasteiger partial charge in [0.15, 0.2) is 0 Å². The molecule has 0 bridgehead atoms. The number of carbonyl (C=O) groups is 3. The van der Waals surface area contributed by atoms with Crippen molar-refractivity contribution in [3.8, 4) is 6.07 Å². The van der Waals surface area contributed by atoms with Gasteiger partial charge < -0.3 is 20.5 Å². The van der Waals surface area contributed by atoms with E-state index in [2.05, 4.69) is 15.6 Å². The molecule has 0 radical (unpaired) electrons. The van der Waals surface area contributed by atoms with Gasteiger partial charge in [0.2, 0.25) is 17.7 Å². The van der Waals surface area contributed by atoms with Crippen LogP contribution < -0.4 is 10.6 Å². The summed E-state index contributed by atoms with van der Waals surface area (Å²) in [7, 11) is 0.